The molecular weight excluding hydrogens is 250 g/mol. The van der Waals surface area contributed by atoms with Crippen molar-refractivity contribution in [1.29, 1.82) is 0 Å². The van der Waals surface area contributed by atoms with Gasteiger partial charge in [0.25, 0.3) is 0 Å². The van der Waals surface area contributed by atoms with Gasteiger partial charge in [-0.15, -0.1) is 0 Å². The number of nitrogens with zero attached hydrogens (tertiary/aromatic N) is 4. The van der Waals surface area contributed by atoms with Crippen LogP contribution in [-0.2, 0) is 0 Å². The molecule has 0 amide bonds. The third-order valence-electron chi connectivity index (χ3n) is 3.88. The summed E-state index contributed by atoms with van der Waals surface area (Å²) >= 11 is 0. The molecule has 106 valence electrons. The van der Waals surface area contributed by atoms with Gasteiger partial charge in [-0.25, -0.2) is 4.68 Å². The zero-order valence-corrected chi connectivity index (χ0v) is 12.1. The van der Waals surface area contributed by atoms with Crippen molar-refractivity contribution in [3.63, 3.8) is 0 Å². The van der Waals surface area contributed by atoms with Gasteiger partial charge in [-0.05, 0) is 26.1 Å². The number of likely N-dealkylation sites (N-methyl/N-ethyl adjacent to an activating group) is 1. The maximum Gasteiger partial charge on any atom is 0.156 e. The number of para-hydroxylation sites is 1. The molecule has 0 unspecified atom stereocenters. The highest BCUT2D eigenvalue weighted by molar-refractivity contribution is 5.69. The molecule has 20 heavy (non-hydrogen) atoms. The lowest BCUT2D eigenvalue weighted by Crippen LogP contribution is -2.45. The number of aromatic nitrogens is 2. The standard InChI is InChI=1S/C15H21N5/c1-12-14(16)15(19-10-8-18(2)9-11-19)20(17-12)13-6-4-3-5-7-13/h3-7H,8-11,16H2,1-2H3. The lowest BCUT2D eigenvalue weighted by Gasteiger charge is -2.34. The van der Waals surface area contributed by atoms with Gasteiger partial charge >= 0.3 is 0 Å². The molecule has 2 N–H and O–H groups in total. The lowest BCUT2D eigenvalue weighted by molar-refractivity contribution is 0.311. The van der Waals surface area contributed by atoms with Crippen molar-refractivity contribution in [2.24, 2.45) is 0 Å². The van der Waals surface area contributed by atoms with E-state index in [-0.39, 0.29) is 0 Å². The topological polar surface area (TPSA) is 50.3 Å². The molecule has 1 aliphatic heterocycles. The minimum Gasteiger partial charge on any atom is -0.394 e. The molecule has 0 radical (unpaired) electrons. The Hall–Kier alpha value is -2.01. The molecule has 1 aliphatic rings. The number of hydrogen-bond donors (Lipinski definition) is 1. The van der Waals surface area contributed by atoms with Crippen LogP contribution in [0.3, 0.4) is 0 Å². The third kappa shape index (κ3) is 2.25. The van der Waals surface area contributed by atoms with Gasteiger partial charge in [-0.2, -0.15) is 5.10 Å². The van der Waals surface area contributed by atoms with Crippen molar-refractivity contribution in [3.8, 4) is 5.69 Å². The van der Waals surface area contributed by atoms with Crippen LogP contribution in [-0.4, -0.2) is 47.9 Å². The minimum absolute atomic E-state index is 0.790. The number of aryl methyl sites for hydroxylation is 1. The molecule has 5 nitrogen and oxygen atoms in total. The summed E-state index contributed by atoms with van der Waals surface area (Å²) in [6.45, 7) is 6.04. The predicted octanol–water partition coefficient (Wildman–Crippen LogP) is 1.51. The number of hydrogen-bond acceptors (Lipinski definition) is 4. The van der Waals surface area contributed by atoms with Gasteiger partial charge in [0.1, 0.15) is 0 Å². The largest absolute Gasteiger partial charge is 0.394 e. The van der Waals surface area contributed by atoms with Crippen molar-refractivity contribution in [3.05, 3.63) is 36.0 Å². The van der Waals surface area contributed by atoms with E-state index in [1.165, 1.54) is 0 Å². The molecule has 0 saturated carbocycles. The SMILES string of the molecule is Cc1nn(-c2ccccc2)c(N2CCN(C)CC2)c1N. The molecule has 0 atom stereocenters. The number of nitrogens with two attached hydrogens (primary N) is 1. The highest BCUT2D eigenvalue weighted by Crippen LogP contribution is 2.30. The second kappa shape index (κ2) is 5.17. The monoisotopic (exact) mass is 271 g/mol. The van der Waals surface area contributed by atoms with Crippen LogP contribution >= 0.6 is 0 Å². The first-order chi connectivity index (χ1) is 9.66. The molecule has 3 rings (SSSR count). The van der Waals surface area contributed by atoms with Crippen molar-refractivity contribution in [2.75, 3.05) is 43.9 Å². The molecule has 0 aliphatic carbocycles. The van der Waals surface area contributed by atoms with E-state index < -0.39 is 0 Å². The van der Waals surface area contributed by atoms with Crippen LogP contribution in [0, 0.1) is 6.92 Å². The van der Waals surface area contributed by atoms with E-state index in [0.717, 1.165) is 49.1 Å². The van der Waals surface area contributed by atoms with Crippen molar-refractivity contribution in [2.45, 2.75) is 6.92 Å². The van der Waals surface area contributed by atoms with E-state index in [1.54, 1.807) is 0 Å². The summed E-state index contributed by atoms with van der Waals surface area (Å²) in [6, 6.07) is 10.2. The Morgan fingerprint density at radius 1 is 1.05 bits per heavy atom. The van der Waals surface area contributed by atoms with Crippen LogP contribution in [0.2, 0.25) is 0 Å². The first kappa shape index (κ1) is 13.0. The molecule has 2 heterocycles. The Labute approximate surface area is 119 Å². The van der Waals surface area contributed by atoms with E-state index >= 15 is 0 Å². The Morgan fingerprint density at radius 2 is 1.70 bits per heavy atom. The number of anilines is 2. The van der Waals surface area contributed by atoms with E-state index in [0.29, 0.717) is 0 Å². The van der Waals surface area contributed by atoms with Crippen LogP contribution in [0.5, 0.6) is 0 Å². The van der Waals surface area contributed by atoms with Crippen molar-refractivity contribution in [1.82, 2.24) is 14.7 Å². The number of nitrogen functional groups attached to an aromatic ring is 1. The number of benzene rings is 1. The molecule has 1 aromatic heterocycles. The molecule has 1 saturated heterocycles. The normalized spacial score (nSPS) is 16.6. The first-order valence-electron chi connectivity index (χ1n) is 7.01. The molecular formula is C15H21N5. The summed E-state index contributed by atoms with van der Waals surface area (Å²) in [6.07, 6.45) is 0. The Bertz CT molecular complexity index is 582. The number of piperazine rings is 1. The van der Waals surface area contributed by atoms with Gasteiger partial charge in [0.05, 0.1) is 17.1 Å². The summed E-state index contributed by atoms with van der Waals surface area (Å²) in [5, 5.41) is 4.61. The molecule has 5 heteroatoms. The van der Waals surface area contributed by atoms with E-state index in [9.17, 15) is 0 Å². The average Bonchev–Trinajstić information content (AvgIpc) is 2.77. The average molecular weight is 271 g/mol. The minimum atomic E-state index is 0.790. The summed E-state index contributed by atoms with van der Waals surface area (Å²) in [7, 11) is 2.15. The lowest BCUT2D eigenvalue weighted by atomic mass is 10.3. The Balaban J connectivity index is 2.01. The molecule has 2 aromatic rings. The van der Waals surface area contributed by atoms with Gasteiger partial charge in [-0.3, -0.25) is 0 Å². The molecule has 1 fully saturated rings. The quantitative estimate of drug-likeness (QED) is 0.899. The Kier molecular flexibility index (Phi) is 3.36. The van der Waals surface area contributed by atoms with Crippen LogP contribution in [0.1, 0.15) is 5.69 Å². The van der Waals surface area contributed by atoms with Gasteiger partial charge in [0.15, 0.2) is 5.82 Å². The molecule has 1 aromatic carbocycles. The molecule has 0 bridgehead atoms. The van der Waals surface area contributed by atoms with Gasteiger partial charge in [0, 0.05) is 26.2 Å². The maximum absolute atomic E-state index is 6.27. The highest BCUT2D eigenvalue weighted by atomic mass is 15.4. The fourth-order valence-electron chi connectivity index (χ4n) is 2.60. The van der Waals surface area contributed by atoms with Crippen molar-refractivity contribution >= 4 is 11.5 Å². The highest BCUT2D eigenvalue weighted by Gasteiger charge is 2.23. The fourth-order valence-corrected chi connectivity index (χ4v) is 2.60. The van der Waals surface area contributed by atoms with Crippen LogP contribution in [0.4, 0.5) is 11.5 Å². The van der Waals surface area contributed by atoms with E-state index in [4.69, 9.17) is 5.73 Å². The van der Waals surface area contributed by atoms with Crippen LogP contribution < -0.4 is 10.6 Å². The van der Waals surface area contributed by atoms with Gasteiger partial charge < -0.3 is 15.5 Å². The fraction of sp³-hybridized carbons (Fsp3) is 0.400. The smallest absolute Gasteiger partial charge is 0.156 e. The van der Waals surface area contributed by atoms with Crippen molar-refractivity contribution < 1.29 is 0 Å². The van der Waals surface area contributed by atoms with E-state index in [1.807, 2.05) is 29.8 Å². The predicted molar refractivity (Wildman–Crippen MR) is 82.4 cm³/mol. The zero-order valence-electron chi connectivity index (χ0n) is 12.1. The third-order valence-corrected chi connectivity index (χ3v) is 3.88. The second-order valence-corrected chi connectivity index (χ2v) is 5.36. The van der Waals surface area contributed by atoms with Crippen LogP contribution in [0.25, 0.3) is 5.69 Å². The summed E-state index contributed by atoms with van der Waals surface area (Å²) in [5.41, 5.74) is 9.01. The summed E-state index contributed by atoms with van der Waals surface area (Å²) in [5.74, 6) is 1.03. The van der Waals surface area contributed by atoms with Gasteiger partial charge in [0.2, 0.25) is 0 Å². The zero-order chi connectivity index (χ0) is 14.1. The van der Waals surface area contributed by atoms with Gasteiger partial charge in [-0.1, -0.05) is 18.2 Å². The van der Waals surface area contributed by atoms with E-state index in [2.05, 4.69) is 34.1 Å². The molecule has 0 spiro atoms. The summed E-state index contributed by atoms with van der Waals surface area (Å²) < 4.78 is 1.97. The number of rotatable bonds is 2. The second-order valence-electron chi connectivity index (χ2n) is 5.36. The van der Waals surface area contributed by atoms with Crippen LogP contribution in [0.15, 0.2) is 30.3 Å². The maximum atomic E-state index is 6.27. The Morgan fingerprint density at radius 3 is 2.35 bits per heavy atom. The first-order valence-corrected chi connectivity index (χ1v) is 7.01. The summed E-state index contributed by atoms with van der Waals surface area (Å²) in [4.78, 5) is 4.67.